The Hall–Kier alpha value is -1.47. The molecule has 1 fully saturated rings. The lowest BCUT2D eigenvalue weighted by Crippen LogP contribution is -2.41. The van der Waals surface area contributed by atoms with E-state index in [0.717, 1.165) is 5.56 Å². The molecule has 1 aromatic heterocycles. The van der Waals surface area contributed by atoms with Gasteiger partial charge in [-0.3, -0.25) is 14.7 Å². The third kappa shape index (κ3) is 4.28. The van der Waals surface area contributed by atoms with Gasteiger partial charge < -0.3 is 5.11 Å². The van der Waals surface area contributed by atoms with Gasteiger partial charge in [-0.05, 0) is 24.5 Å². The van der Waals surface area contributed by atoms with Gasteiger partial charge >= 0.3 is 5.97 Å². The number of aromatic nitrogens is 1. The van der Waals surface area contributed by atoms with Gasteiger partial charge in [-0.1, -0.05) is 6.07 Å². The summed E-state index contributed by atoms with van der Waals surface area (Å²) in [6.45, 7) is 0.401. The molecule has 1 saturated heterocycles. The molecule has 110 valence electrons. The van der Waals surface area contributed by atoms with Crippen LogP contribution in [0, 0.1) is 0 Å². The number of carboxylic acids is 1. The summed E-state index contributed by atoms with van der Waals surface area (Å²) >= 11 is 0. The van der Waals surface area contributed by atoms with E-state index in [0.29, 0.717) is 19.4 Å². The predicted octanol–water partition coefficient (Wildman–Crippen LogP) is 0.198. The molecule has 20 heavy (non-hydrogen) atoms. The van der Waals surface area contributed by atoms with Crippen molar-refractivity contribution >= 4 is 15.8 Å². The van der Waals surface area contributed by atoms with Crippen molar-refractivity contribution in [3.63, 3.8) is 0 Å². The fraction of sp³-hybridized carbons (Fsp3) is 0.538. The van der Waals surface area contributed by atoms with E-state index in [1.807, 2.05) is 12.1 Å². The first-order valence-electron chi connectivity index (χ1n) is 6.51. The van der Waals surface area contributed by atoms with Crippen LogP contribution in [0.15, 0.2) is 24.5 Å². The Labute approximate surface area is 118 Å². The predicted molar refractivity (Wildman–Crippen MR) is 74.2 cm³/mol. The molecule has 0 spiro atoms. The van der Waals surface area contributed by atoms with Gasteiger partial charge in [0.1, 0.15) is 0 Å². The first-order chi connectivity index (χ1) is 9.46. The second kappa shape index (κ2) is 6.32. The summed E-state index contributed by atoms with van der Waals surface area (Å²) in [5.74, 6) is -0.714. The summed E-state index contributed by atoms with van der Waals surface area (Å²) in [6.07, 6.45) is 4.60. The topological polar surface area (TPSA) is 87.6 Å². The van der Waals surface area contributed by atoms with Crippen molar-refractivity contribution in [3.8, 4) is 0 Å². The molecule has 0 amide bonds. The Balaban J connectivity index is 1.99. The Morgan fingerprint density at radius 3 is 2.85 bits per heavy atom. The van der Waals surface area contributed by atoms with Crippen molar-refractivity contribution in [3.05, 3.63) is 30.1 Å². The molecule has 1 N–H and O–H groups in total. The lowest BCUT2D eigenvalue weighted by molar-refractivity contribution is -0.138. The number of rotatable bonds is 6. The van der Waals surface area contributed by atoms with Crippen molar-refractivity contribution in [2.45, 2.75) is 18.9 Å². The molecule has 0 saturated carbocycles. The lowest BCUT2D eigenvalue weighted by atomic mass is 10.1. The van der Waals surface area contributed by atoms with Crippen LogP contribution in [0.1, 0.15) is 12.0 Å². The van der Waals surface area contributed by atoms with Crippen LogP contribution >= 0.6 is 0 Å². The van der Waals surface area contributed by atoms with Crippen molar-refractivity contribution < 1.29 is 18.3 Å². The molecule has 7 heteroatoms. The van der Waals surface area contributed by atoms with Crippen molar-refractivity contribution in [2.75, 3.05) is 24.6 Å². The maximum Gasteiger partial charge on any atom is 0.317 e. The molecule has 1 atom stereocenters. The molecule has 2 rings (SSSR count). The zero-order valence-corrected chi connectivity index (χ0v) is 11.9. The number of aliphatic carboxylic acids is 1. The van der Waals surface area contributed by atoms with Crippen LogP contribution in [-0.4, -0.2) is 60.0 Å². The van der Waals surface area contributed by atoms with Crippen LogP contribution in [0.5, 0.6) is 0 Å². The summed E-state index contributed by atoms with van der Waals surface area (Å²) in [6, 6.07) is 3.57. The molecule has 0 radical (unpaired) electrons. The Morgan fingerprint density at radius 1 is 1.50 bits per heavy atom. The number of hydrogen-bond acceptors (Lipinski definition) is 5. The second-order valence-electron chi connectivity index (χ2n) is 5.03. The number of pyridine rings is 1. The Morgan fingerprint density at radius 2 is 2.30 bits per heavy atom. The molecule has 1 aliphatic rings. The highest BCUT2D eigenvalue weighted by Crippen LogP contribution is 2.18. The Bertz CT molecular complexity index is 559. The summed E-state index contributed by atoms with van der Waals surface area (Å²) < 4.78 is 23.0. The third-order valence-corrected chi connectivity index (χ3v) is 5.22. The average molecular weight is 298 g/mol. The number of sulfone groups is 1. The van der Waals surface area contributed by atoms with Gasteiger partial charge in [0.15, 0.2) is 9.84 Å². The van der Waals surface area contributed by atoms with Gasteiger partial charge in [0.25, 0.3) is 0 Å². The third-order valence-electron chi connectivity index (χ3n) is 3.47. The Kier molecular flexibility index (Phi) is 4.72. The molecule has 0 bridgehead atoms. The number of carbonyl (C=O) groups is 1. The summed E-state index contributed by atoms with van der Waals surface area (Å²) in [5, 5.41) is 8.97. The van der Waals surface area contributed by atoms with Gasteiger partial charge in [0, 0.05) is 25.0 Å². The zero-order valence-electron chi connectivity index (χ0n) is 11.1. The van der Waals surface area contributed by atoms with Crippen molar-refractivity contribution in [2.24, 2.45) is 0 Å². The smallest absolute Gasteiger partial charge is 0.317 e. The fourth-order valence-corrected chi connectivity index (χ4v) is 4.21. The molecule has 1 unspecified atom stereocenters. The minimum Gasteiger partial charge on any atom is -0.480 e. The van der Waals surface area contributed by atoms with E-state index >= 15 is 0 Å². The number of hydrogen-bond donors (Lipinski definition) is 1. The number of carboxylic acid groups (broad SMARTS) is 1. The van der Waals surface area contributed by atoms with E-state index in [4.69, 9.17) is 5.11 Å². The molecular formula is C13H18N2O4S. The van der Waals surface area contributed by atoms with E-state index < -0.39 is 15.8 Å². The standard InChI is InChI=1S/C13H18N2O4S/c16-13(17)9-15(12-4-7-20(18,19)10-12)6-3-11-2-1-5-14-8-11/h1-2,5,8,12H,3-4,6-7,9-10H2,(H,16,17). The molecule has 0 aromatic carbocycles. The largest absolute Gasteiger partial charge is 0.480 e. The molecular weight excluding hydrogens is 280 g/mol. The molecule has 2 heterocycles. The van der Waals surface area contributed by atoms with Crippen LogP contribution in [0.3, 0.4) is 0 Å². The van der Waals surface area contributed by atoms with Crippen LogP contribution in [0.2, 0.25) is 0 Å². The monoisotopic (exact) mass is 298 g/mol. The van der Waals surface area contributed by atoms with E-state index in [1.165, 1.54) is 0 Å². The van der Waals surface area contributed by atoms with Gasteiger partial charge in [0.05, 0.1) is 18.1 Å². The molecule has 1 aromatic rings. The maximum atomic E-state index is 11.5. The molecule has 0 aliphatic carbocycles. The van der Waals surface area contributed by atoms with Crippen molar-refractivity contribution in [1.82, 2.24) is 9.88 Å². The van der Waals surface area contributed by atoms with Crippen molar-refractivity contribution in [1.29, 1.82) is 0 Å². The van der Waals surface area contributed by atoms with Gasteiger partial charge in [0.2, 0.25) is 0 Å². The maximum absolute atomic E-state index is 11.5. The minimum absolute atomic E-state index is 0.0628. The minimum atomic E-state index is -3.01. The van der Waals surface area contributed by atoms with Gasteiger partial charge in [-0.15, -0.1) is 0 Å². The van der Waals surface area contributed by atoms with Gasteiger partial charge in [-0.2, -0.15) is 0 Å². The number of nitrogens with zero attached hydrogens (tertiary/aromatic N) is 2. The second-order valence-corrected chi connectivity index (χ2v) is 7.26. The van der Waals surface area contributed by atoms with Crippen LogP contribution in [0.25, 0.3) is 0 Å². The van der Waals surface area contributed by atoms with E-state index in [2.05, 4.69) is 4.98 Å². The quantitative estimate of drug-likeness (QED) is 0.807. The molecule has 6 nitrogen and oxygen atoms in total. The van der Waals surface area contributed by atoms with E-state index in [1.54, 1.807) is 17.3 Å². The lowest BCUT2D eigenvalue weighted by Gasteiger charge is -2.26. The molecule has 1 aliphatic heterocycles. The first-order valence-corrected chi connectivity index (χ1v) is 8.33. The van der Waals surface area contributed by atoms with Gasteiger partial charge in [-0.25, -0.2) is 8.42 Å². The van der Waals surface area contributed by atoms with E-state index in [9.17, 15) is 13.2 Å². The summed E-state index contributed by atoms with van der Waals surface area (Å²) in [5.41, 5.74) is 1.02. The summed E-state index contributed by atoms with van der Waals surface area (Å²) in [7, 11) is -3.01. The average Bonchev–Trinajstić information content (AvgIpc) is 2.76. The van der Waals surface area contributed by atoms with Crippen LogP contribution in [0.4, 0.5) is 0 Å². The fourth-order valence-electron chi connectivity index (χ4n) is 2.45. The van der Waals surface area contributed by atoms with E-state index in [-0.39, 0.29) is 24.1 Å². The first kappa shape index (κ1) is 14.9. The normalized spacial score (nSPS) is 21.1. The highest BCUT2D eigenvalue weighted by atomic mass is 32.2. The van der Waals surface area contributed by atoms with Crippen LogP contribution < -0.4 is 0 Å². The highest BCUT2D eigenvalue weighted by Gasteiger charge is 2.32. The highest BCUT2D eigenvalue weighted by molar-refractivity contribution is 7.91. The SMILES string of the molecule is O=C(O)CN(CCc1cccnc1)C1CCS(=O)(=O)C1. The summed E-state index contributed by atoms with van der Waals surface area (Å²) in [4.78, 5) is 16.7. The van der Waals surface area contributed by atoms with Crippen LogP contribution in [-0.2, 0) is 21.1 Å². The zero-order chi connectivity index (χ0) is 14.6.